The van der Waals surface area contributed by atoms with Crippen LogP contribution in [0.15, 0.2) is 16.6 Å². The molecule has 0 saturated carbocycles. The maximum atomic E-state index is 10.1. The number of fused-ring (bicyclic) bond motifs is 1. The lowest BCUT2D eigenvalue weighted by atomic mass is 9.96. The van der Waals surface area contributed by atoms with Crippen molar-refractivity contribution < 1.29 is 9.84 Å². The van der Waals surface area contributed by atoms with E-state index in [1.165, 1.54) is 5.56 Å². The summed E-state index contributed by atoms with van der Waals surface area (Å²) < 4.78 is 6.80. The summed E-state index contributed by atoms with van der Waals surface area (Å²) >= 11 is 3.50. The fourth-order valence-electron chi connectivity index (χ4n) is 2.09. The maximum absolute atomic E-state index is 10.1. The van der Waals surface area contributed by atoms with Crippen LogP contribution in [0.25, 0.3) is 0 Å². The van der Waals surface area contributed by atoms with Crippen LogP contribution in [0, 0.1) is 0 Å². The number of hydrogen-bond acceptors (Lipinski definition) is 2. The summed E-state index contributed by atoms with van der Waals surface area (Å²) in [7, 11) is 0. The molecule has 0 spiro atoms. The van der Waals surface area contributed by atoms with E-state index in [0.29, 0.717) is 12.5 Å². The van der Waals surface area contributed by atoms with Gasteiger partial charge < -0.3 is 9.84 Å². The first-order chi connectivity index (χ1) is 7.59. The summed E-state index contributed by atoms with van der Waals surface area (Å²) in [5.74, 6) is 1.29. The van der Waals surface area contributed by atoms with Crippen LogP contribution in [-0.2, 0) is 0 Å². The Morgan fingerprint density at radius 2 is 2.19 bits per heavy atom. The van der Waals surface area contributed by atoms with E-state index >= 15 is 0 Å². The molecular formula is C13H17BrO2. The summed E-state index contributed by atoms with van der Waals surface area (Å²) in [4.78, 5) is 0. The van der Waals surface area contributed by atoms with Crippen molar-refractivity contribution in [3.05, 3.63) is 27.7 Å². The van der Waals surface area contributed by atoms with Gasteiger partial charge in [-0.05, 0) is 36.5 Å². The molecular weight excluding hydrogens is 268 g/mol. The Balaban J connectivity index is 2.56. The summed E-state index contributed by atoms with van der Waals surface area (Å²) in [6.45, 7) is 4.98. The van der Waals surface area contributed by atoms with E-state index in [4.69, 9.17) is 4.74 Å². The smallest absolute Gasteiger partial charge is 0.128 e. The summed E-state index contributed by atoms with van der Waals surface area (Å²) in [6, 6.07) is 4.05. The Bertz CT molecular complexity index is 388. The van der Waals surface area contributed by atoms with Gasteiger partial charge in [0.05, 0.1) is 12.7 Å². The molecule has 0 unspecified atom stereocenters. The second-order valence-corrected chi connectivity index (χ2v) is 5.49. The monoisotopic (exact) mass is 284 g/mol. The number of aliphatic hydroxyl groups excluding tert-OH is 1. The van der Waals surface area contributed by atoms with Crippen LogP contribution < -0.4 is 4.74 Å². The molecule has 16 heavy (non-hydrogen) atoms. The van der Waals surface area contributed by atoms with Crippen molar-refractivity contribution >= 4 is 15.9 Å². The fraction of sp³-hybridized carbons (Fsp3) is 0.538. The van der Waals surface area contributed by atoms with Crippen LogP contribution in [0.5, 0.6) is 5.75 Å². The molecule has 2 nitrogen and oxygen atoms in total. The van der Waals surface area contributed by atoms with E-state index in [2.05, 4.69) is 35.8 Å². The third-order valence-corrected chi connectivity index (χ3v) is 3.42. The van der Waals surface area contributed by atoms with Crippen molar-refractivity contribution in [2.45, 2.75) is 38.7 Å². The van der Waals surface area contributed by atoms with Gasteiger partial charge in [0.15, 0.2) is 0 Å². The highest BCUT2D eigenvalue weighted by Crippen LogP contribution is 2.39. The van der Waals surface area contributed by atoms with Crippen LogP contribution >= 0.6 is 15.9 Å². The van der Waals surface area contributed by atoms with Crippen molar-refractivity contribution in [3.63, 3.8) is 0 Å². The number of aliphatic hydroxyl groups is 1. The highest BCUT2D eigenvalue weighted by atomic mass is 79.9. The van der Waals surface area contributed by atoms with Gasteiger partial charge in [-0.1, -0.05) is 29.8 Å². The molecule has 1 aliphatic rings. The minimum absolute atomic E-state index is 0.396. The molecule has 1 aliphatic heterocycles. The van der Waals surface area contributed by atoms with Gasteiger partial charge in [-0.25, -0.2) is 0 Å². The number of ether oxygens (including phenoxy) is 1. The maximum Gasteiger partial charge on any atom is 0.128 e. The molecule has 1 aromatic rings. The third-order valence-electron chi connectivity index (χ3n) is 2.96. The first kappa shape index (κ1) is 11.9. The second kappa shape index (κ2) is 4.76. The lowest BCUT2D eigenvalue weighted by Gasteiger charge is -2.18. The van der Waals surface area contributed by atoms with E-state index in [0.717, 1.165) is 28.6 Å². The zero-order valence-electron chi connectivity index (χ0n) is 9.66. The molecule has 2 rings (SSSR count). The minimum Gasteiger partial charge on any atom is -0.493 e. The molecule has 0 aromatic heterocycles. The molecule has 88 valence electrons. The second-order valence-electron chi connectivity index (χ2n) is 4.57. The Kier molecular flexibility index (Phi) is 3.55. The van der Waals surface area contributed by atoms with Crippen molar-refractivity contribution in [1.29, 1.82) is 0 Å². The molecule has 1 atom stereocenters. The molecule has 0 bridgehead atoms. The van der Waals surface area contributed by atoms with Gasteiger partial charge in [0, 0.05) is 10.0 Å². The third kappa shape index (κ3) is 2.25. The minimum atomic E-state index is -0.396. The summed E-state index contributed by atoms with van der Waals surface area (Å²) in [5.41, 5.74) is 2.10. The van der Waals surface area contributed by atoms with Gasteiger partial charge in [-0.3, -0.25) is 0 Å². The first-order valence-corrected chi connectivity index (χ1v) is 6.53. The summed E-state index contributed by atoms with van der Waals surface area (Å²) in [6.07, 6.45) is 1.29. The standard InChI is InChI=1S/C13H17BrO2/c1-8(2)10-6-9(14)7-11-12(15)4-3-5-16-13(10)11/h6-8,12,15H,3-5H2,1-2H3/t12-/m0/s1. The van der Waals surface area contributed by atoms with Crippen molar-refractivity contribution in [2.75, 3.05) is 6.61 Å². The van der Waals surface area contributed by atoms with Crippen molar-refractivity contribution in [1.82, 2.24) is 0 Å². The zero-order valence-corrected chi connectivity index (χ0v) is 11.3. The van der Waals surface area contributed by atoms with E-state index in [1.54, 1.807) is 0 Å². The van der Waals surface area contributed by atoms with Gasteiger partial charge in [0.2, 0.25) is 0 Å². The van der Waals surface area contributed by atoms with Crippen molar-refractivity contribution in [2.24, 2.45) is 0 Å². The lowest BCUT2D eigenvalue weighted by molar-refractivity contribution is 0.167. The summed E-state index contributed by atoms with van der Waals surface area (Å²) in [5, 5.41) is 10.1. The molecule has 1 N–H and O–H groups in total. The fourth-order valence-corrected chi connectivity index (χ4v) is 2.58. The van der Waals surface area contributed by atoms with E-state index in [-0.39, 0.29) is 0 Å². The molecule has 0 fully saturated rings. The Morgan fingerprint density at radius 3 is 2.88 bits per heavy atom. The van der Waals surface area contributed by atoms with Crippen LogP contribution in [0.3, 0.4) is 0 Å². The van der Waals surface area contributed by atoms with Gasteiger partial charge in [-0.2, -0.15) is 0 Å². The molecule has 3 heteroatoms. The lowest BCUT2D eigenvalue weighted by Crippen LogP contribution is -2.02. The Hall–Kier alpha value is -0.540. The van der Waals surface area contributed by atoms with Gasteiger partial charge in [0.25, 0.3) is 0 Å². The quantitative estimate of drug-likeness (QED) is 0.851. The predicted molar refractivity (Wildman–Crippen MR) is 67.9 cm³/mol. The first-order valence-electron chi connectivity index (χ1n) is 5.73. The largest absolute Gasteiger partial charge is 0.493 e. The average molecular weight is 285 g/mol. The van der Waals surface area contributed by atoms with Gasteiger partial charge >= 0.3 is 0 Å². The molecule has 0 saturated heterocycles. The molecule has 1 aromatic carbocycles. The Morgan fingerprint density at radius 1 is 1.44 bits per heavy atom. The number of rotatable bonds is 1. The van der Waals surface area contributed by atoms with Crippen LogP contribution in [0.1, 0.15) is 49.8 Å². The van der Waals surface area contributed by atoms with E-state index in [9.17, 15) is 5.11 Å². The van der Waals surface area contributed by atoms with Gasteiger partial charge in [0.1, 0.15) is 5.75 Å². The molecule has 0 amide bonds. The highest BCUT2D eigenvalue weighted by Gasteiger charge is 2.22. The van der Waals surface area contributed by atoms with Crippen molar-refractivity contribution in [3.8, 4) is 5.75 Å². The SMILES string of the molecule is CC(C)c1cc(Br)cc2c1OCCC[C@@H]2O. The van der Waals surface area contributed by atoms with Crippen LogP contribution in [0.2, 0.25) is 0 Å². The normalized spacial score (nSPS) is 20.2. The Labute approximate surface area is 105 Å². The van der Waals surface area contributed by atoms with Gasteiger partial charge in [-0.15, -0.1) is 0 Å². The average Bonchev–Trinajstić information content (AvgIpc) is 2.40. The molecule has 0 aliphatic carbocycles. The topological polar surface area (TPSA) is 29.5 Å². The number of hydrogen-bond donors (Lipinski definition) is 1. The molecule has 0 radical (unpaired) electrons. The molecule has 1 heterocycles. The predicted octanol–water partition coefficient (Wildman–Crippen LogP) is 3.78. The van der Waals surface area contributed by atoms with E-state index in [1.807, 2.05) is 6.07 Å². The zero-order chi connectivity index (χ0) is 11.7. The van der Waals surface area contributed by atoms with Crippen LogP contribution in [-0.4, -0.2) is 11.7 Å². The number of halogens is 1. The number of benzene rings is 1. The van der Waals surface area contributed by atoms with E-state index < -0.39 is 6.10 Å². The highest BCUT2D eigenvalue weighted by molar-refractivity contribution is 9.10. The van der Waals surface area contributed by atoms with Crippen LogP contribution in [0.4, 0.5) is 0 Å².